The molecule has 4 aromatic rings. The van der Waals surface area contributed by atoms with Crippen molar-refractivity contribution in [1.29, 1.82) is 0 Å². The van der Waals surface area contributed by atoms with Gasteiger partial charge in [-0.2, -0.15) is 0 Å². The molecular weight excluding hydrogens is 618 g/mol. The van der Waals surface area contributed by atoms with E-state index in [0.717, 1.165) is 31.7 Å². The van der Waals surface area contributed by atoms with Gasteiger partial charge in [0.25, 0.3) is 0 Å². The van der Waals surface area contributed by atoms with Crippen molar-refractivity contribution in [2.75, 3.05) is 23.3 Å². The Bertz CT molecular complexity index is 1470. The number of rotatable bonds is 6. The van der Waals surface area contributed by atoms with E-state index in [9.17, 15) is 9.90 Å². The normalized spacial score (nSPS) is 14.5. The molecule has 0 amide bonds. The van der Waals surface area contributed by atoms with Crippen LogP contribution in [0.2, 0.25) is 10.0 Å². The summed E-state index contributed by atoms with van der Waals surface area (Å²) in [6.07, 6.45) is 5.70. The molecule has 1 fully saturated rings. The maximum Gasteiger partial charge on any atom is 0.166 e. The van der Waals surface area contributed by atoms with Gasteiger partial charge in [-0.25, -0.2) is 9.97 Å². The van der Waals surface area contributed by atoms with E-state index >= 15 is 0 Å². The van der Waals surface area contributed by atoms with Gasteiger partial charge in [-0.3, -0.25) is 9.78 Å². The summed E-state index contributed by atoms with van der Waals surface area (Å²) >= 11 is 12.3. The zero-order valence-corrected chi connectivity index (χ0v) is 25.4. The first-order chi connectivity index (χ1) is 17.8. The number of phenols is 1. The number of benzene rings is 1. The molecule has 1 aliphatic rings. The number of phenolic OH excluding ortho intramolecular Hbond substituents is 1. The van der Waals surface area contributed by atoms with Crippen molar-refractivity contribution in [1.82, 2.24) is 15.0 Å². The molecule has 1 unspecified atom stereocenters. The van der Waals surface area contributed by atoms with Crippen LogP contribution in [-0.2, 0) is 0 Å². The summed E-state index contributed by atoms with van der Waals surface area (Å²) < 4.78 is 0. The molecule has 5 rings (SSSR count). The van der Waals surface area contributed by atoms with E-state index in [0.29, 0.717) is 45.6 Å². The Labute approximate surface area is 260 Å². The number of hydrogen-bond acceptors (Lipinski definition) is 8. The summed E-state index contributed by atoms with van der Waals surface area (Å²) in [4.78, 5) is 28.9. The van der Waals surface area contributed by atoms with Crippen LogP contribution in [0.3, 0.4) is 0 Å². The van der Waals surface area contributed by atoms with Crippen LogP contribution in [0.5, 0.6) is 5.75 Å². The number of nitrogens with one attached hydrogen (secondary N) is 1. The minimum absolute atomic E-state index is 0. The molecule has 4 N–H and O–H groups in total. The molecule has 1 atom stereocenters. The molecule has 0 aliphatic carbocycles. The van der Waals surface area contributed by atoms with E-state index in [1.54, 1.807) is 37.5 Å². The van der Waals surface area contributed by atoms with E-state index in [4.69, 9.17) is 33.9 Å². The molecule has 1 aromatic carbocycles. The second-order valence-electron chi connectivity index (χ2n) is 9.05. The van der Waals surface area contributed by atoms with Crippen LogP contribution >= 0.6 is 60.4 Å². The van der Waals surface area contributed by atoms with Gasteiger partial charge in [-0.05, 0) is 49.2 Å². The van der Waals surface area contributed by atoms with Crippen molar-refractivity contribution in [3.8, 4) is 17.0 Å². The second kappa shape index (κ2) is 14.3. The predicted octanol–water partition coefficient (Wildman–Crippen LogP) is 7.23. The van der Waals surface area contributed by atoms with Gasteiger partial charge in [0.2, 0.25) is 0 Å². The summed E-state index contributed by atoms with van der Waals surface area (Å²) in [7, 11) is 0. The van der Waals surface area contributed by atoms with Crippen LogP contribution in [0, 0.1) is 0 Å². The van der Waals surface area contributed by atoms with Crippen molar-refractivity contribution in [2.24, 2.45) is 5.73 Å². The number of carbonyl (C=O) groups is 1. The number of aromatic nitrogens is 3. The lowest BCUT2D eigenvalue weighted by molar-refractivity contribution is 0.0988. The standard InChI is InChI=1S/C27H26Cl2N6O2.3ClH/c1-2-23(36)18-13-31-22-7-6-21(15-10-19(28)27(37)20(29)11-15)34-26(22)25(18)33-17-5-8-24(32-12-17)35-9-3-4-16(30)14-35;;;/h5-8,10-13,16,37H,2-4,9,14,30H2,1H3,(H,31,33);3*1H. The number of aromatic hydroxyl groups is 1. The van der Waals surface area contributed by atoms with Crippen LogP contribution < -0.4 is 16.0 Å². The third-order valence-electron chi connectivity index (χ3n) is 6.45. The molecule has 0 radical (unpaired) electrons. The van der Waals surface area contributed by atoms with E-state index < -0.39 is 0 Å². The quantitative estimate of drug-likeness (QED) is 0.188. The molecule has 0 bridgehead atoms. The van der Waals surface area contributed by atoms with E-state index in [2.05, 4.69) is 20.2 Å². The first-order valence-corrected chi connectivity index (χ1v) is 12.8. The third-order valence-corrected chi connectivity index (χ3v) is 7.02. The lowest BCUT2D eigenvalue weighted by Gasteiger charge is -2.31. The van der Waals surface area contributed by atoms with Gasteiger partial charge in [0, 0.05) is 37.3 Å². The Kier molecular flexibility index (Phi) is 12.1. The SMILES string of the molecule is CCC(=O)c1cnc2ccc(-c3cc(Cl)c(O)c(Cl)c3)nc2c1Nc1ccc(N2CCCC(N)C2)nc1.Cl.Cl.Cl. The Balaban J connectivity index is 0.00000187. The number of piperidine rings is 1. The molecule has 214 valence electrons. The number of anilines is 3. The fourth-order valence-corrected chi connectivity index (χ4v) is 4.97. The topological polar surface area (TPSA) is 117 Å². The third kappa shape index (κ3) is 7.00. The fourth-order valence-electron chi connectivity index (χ4n) is 4.48. The van der Waals surface area contributed by atoms with Crippen LogP contribution in [0.15, 0.2) is 48.8 Å². The maximum atomic E-state index is 12.8. The van der Waals surface area contributed by atoms with Crippen LogP contribution in [-0.4, -0.2) is 45.0 Å². The summed E-state index contributed by atoms with van der Waals surface area (Å²) in [5.41, 5.74) is 10.1. The number of fused-ring (bicyclic) bond motifs is 1. The zero-order valence-electron chi connectivity index (χ0n) is 21.4. The molecule has 1 aliphatic heterocycles. The molecule has 8 nitrogen and oxygen atoms in total. The average Bonchev–Trinajstić information content (AvgIpc) is 2.91. The highest BCUT2D eigenvalue weighted by Gasteiger charge is 2.20. The molecule has 4 heterocycles. The Hall–Kier alpha value is -2.59. The van der Waals surface area contributed by atoms with Gasteiger partial charge in [-0.15, -0.1) is 37.2 Å². The van der Waals surface area contributed by atoms with Crippen molar-refractivity contribution >= 4 is 94.4 Å². The number of halogens is 5. The fraction of sp³-hybridized carbons (Fsp3) is 0.259. The van der Waals surface area contributed by atoms with Crippen molar-refractivity contribution < 1.29 is 9.90 Å². The molecule has 3 aromatic heterocycles. The van der Waals surface area contributed by atoms with Gasteiger partial charge in [0.05, 0.1) is 44.4 Å². The minimum atomic E-state index is -0.185. The van der Waals surface area contributed by atoms with Crippen molar-refractivity contribution in [3.05, 3.63) is 64.4 Å². The molecular formula is C27H29Cl5N6O2. The van der Waals surface area contributed by atoms with Crippen LogP contribution in [0.25, 0.3) is 22.3 Å². The number of nitrogens with zero attached hydrogens (tertiary/aromatic N) is 4. The molecule has 0 spiro atoms. The van der Waals surface area contributed by atoms with E-state index in [1.807, 2.05) is 18.2 Å². The highest BCUT2D eigenvalue weighted by atomic mass is 35.5. The van der Waals surface area contributed by atoms with Gasteiger partial charge in [0.15, 0.2) is 11.5 Å². The van der Waals surface area contributed by atoms with Gasteiger partial charge < -0.3 is 21.1 Å². The molecule has 13 heteroatoms. The lowest BCUT2D eigenvalue weighted by atomic mass is 10.1. The number of Topliss-reactive ketones (excluding diaryl/α,β-unsaturated/α-hetero) is 1. The van der Waals surface area contributed by atoms with Gasteiger partial charge in [-0.1, -0.05) is 30.1 Å². The summed E-state index contributed by atoms with van der Waals surface area (Å²) in [5, 5.41) is 13.5. The Morgan fingerprint density at radius 1 is 1.10 bits per heavy atom. The van der Waals surface area contributed by atoms with E-state index in [1.165, 1.54) is 0 Å². The largest absolute Gasteiger partial charge is 0.505 e. The Morgan fingerprint density at radius 2 is 1.82 bits per heavy atom. The highest BCUT2D eigenvalue weighted by molar-refractivity contribution is 6.37. The predicted molar refractivity (Wildman–Crippen MR) is 170 cm³/mol. The summed E-state index contributed by atoms with van der Waals surface area (Å²) in [6.45, 7) is 3.51. The van der Waals surface area contributed by atoms with Crippen molar-refractivity contribution in [2.45, 2.75) is 32.2 Å². The zero-order chi connectivity index (χ0) is 26.1. The molecule has 1 saturated heterocycles. The highest BCUT2D eigenvalue weighted by Crippen LogP contribution is 2.37. The van der Waals surface area contributed by atoms with Crippen LogP contribution in [0.4, 0.5) is 17.2 Å². The molecule has 40 heavy (non-hydrogen) atoms. The minimum Gasteiger partial charge on any atom is -0.505 e. The second-order valence-corrected chi connectivity index (χ2v) is 9.87. The number of carbonyl (C=O) groups excluding carboxylic acids is 1. The van der Waals surface area contributed by atoms with Crippen molar-refractivity contribution in [3.63, 3.8) is 0 Å². The smallest absolute Gasteiger partial charge is 0.166 e. The summed E-state index contributed by atoms with van der Waals surface area (Å²) in [6, 6.07) is 10.8. The van der Waals surface area contributed by atoms with Crippen LogP contribution in [0.1, 0.15) is 36.5 Å². The first kappa shape index (κ1) is 33.6. The van der Waals surface area contributed by atoms with Gasteiger partial charge in [0.1, 0.15) is 11.3 Å². The average molecular weight is 647 g/mol. The maximum absolute atomic E-state index is 12.8. The number of nitrogens with two attached hydrogens (primary N) is 1. The monoisotopic (exact) mass is 644 g/mol. The first-order valence-electron chi connectivity index (χ1n) is 12.1. The van der Waals surface area contributed by atoms with Gasteiger partial charge >= 0.3 is 0 Å². The number of hydrogen-bond donors (Lipinski definition) is 3. The number of ketones is 1. The summed E-state index contributed by atoms with van der Waals surface area (Å²) in [5.74, 6) is 0.619. The number of pyridine rings is 3. The molecule has 0 saturated carbocycles. The lowest BCUT2D eigenvalue weighted by Crippen LogP contribution is -2.43. The Morgan fingerprint density at radius 3 is 2.45 bits per heavy atom. The van der Waals surface area contributed by atoms with E-state index in [-0.39, 0.29) is 64.8 Å².